The molecule has 1 rings (SSSR count). The highest BCUT2D eigenvalue weighted by Crippen LogP contribution is 2.19. The van der Waals surface area contributed by atoms with Crippen molar-refractivity contribution in [2.45, 2.75) is 19.8 Å². The van der Waals surface area contributed by atoms with Crippen LogP contribution in [0.4, 0.5) is 18.9 Å². The lowest BCUT2D eigenvalue weighted by molar-refractivity contribution is -0.128. The number of halogens is 3. The Kier molecular flexibility index (Phi) is 5.66. The van der Waals surface area contributed by atoms with Crippen molar-refractivity contribution in [2.24, 2.45) is 0 Å². The summed E-state index contributed by atoms with van der Waals surface area (Å²) >= 11 is 0. The number of carbonyl (C=O) groups is 1. The van der Waals surface area contributed by atoms with Crippen LogP contribution >= 0.6 is 0 Å². The lowest BCUT2D eigenvalue weighted by atomic mass is 10.2. The van der Waals surface area contributed by atoms with E-state index >= 15 is 0 Å². The second-order valence-electron chi connectivity index (χ2n) is 4.25. The van der Waals surface area contributed by atoms with Crippen molar-refractivity contribution in [3.8, 4) is 0 Å². The summed E-state index contributed by atoms with van der Waals surface area (Å²) in [5.41, 5.74) is -0.226. The van der Waals surface area contributed by atoms with Crippen molar-refractivity contribution in [2.75, 3.05) is 25.5 Å². The van der Waals surface area contributed by atoms with Crippen molar-refractivity contribution >= 4 is 11.6 Å². The van der Waals surface area contributed by atoms with Gasteiger partial charge in [-0.3, -0.25) is 4.79 Å². The summed E-state index contributed by atoms with van der Waals surface area (Å²) in [5.74, 6) is -4.35. The van der Waals surface area contributed by atoms with Crippen LogP contribution in [0.2, 0.25) is 0 Å². The fourth-order valence-electron chi connectivity index (χ4n) is 1.49. The molecule has 1 aromatic carbocycles. The second kappa shape index (κ2) is 7.01. The van der Waals surface area contributed by atoms with E-state index in [9.17, 15) is 18.0 Å². The van der Waals surface area contributed by atoms with E-state index in [1.807, 2.05) is 6.92 Å². The monoisotopic (exact) mass is 274 g/mol. The number of hydrogen-bond acceptors (Lipinski definition) is 2. The number of rotatable bonds is 6. The van der Waals surface area contributed by atoms with Crippen LogP contribution in [0.5, 0.6) is 0 Å². The molecule has 0 aromatic heterocycles. The fourth-order valence-corrected chi connectivity index (χ4v) is 1.49. The van der Waals surface area contributed by atoms with Crippen molar-refractivity contribution < 1.29 is 18.0 Å². The van der Waals surface area contributed by atoms with Crippen molar-refractivity contribution in [1.82, 2.24) is 4.90 Å². The Hall–Kier alpha value is -1.72. The van der Waals surface area contributed by atoms with Crippen LogP contribution in [0.15, 0.2) is 12.1 Å². The number of anilines is 1. The zero-order valence-electron chi connectivity index (χ0n) is 11.0. The van der Waals surface area contributed by atoms with Gasteiger partial charge in [0.15, 0.2) is 17.5 Å². The molecular weight excluding hydrogens is 257 g/mol. The number of benzene rings is 1. The highest BCUT2D eigenvalue weighted by atomic mass is 19.2. The van der Waals surface area contributed by atoms with Gasteiger partial charge in [0.2, 0.25) is 5.91 Å². The summed E-state index contributed by atoms with van der Waals surface area (Å²) in [6.45, 7) is 2.45. The van der Waals surface area contributed by atoms with E-state index in [4.69, 9.17) is 0 Å². The van der Waals surface area contributed by atoms with Gasteiger partial charge in [0.05, 0.1) is 12.2 Å². The lowest BCUT2D eigenvalue weighted by Gasteiger charge is -2.17. The van der Waals surface area contributed by atoms with E-state index in [1.165, 1.54) is 4.90 Å². The van der Waals surface area contributed by atoms with Crippen LogP contribution in [0.3, 0.4) is 0 Å². The van der Waals surface area contributed by atoms with E-state index in [-0.39, 0.29) is 18.1 Å². The maximum atomic E-state index is 13.3. The first-order valence-electron chi connectivity index (χ1n) is 6.08. The van der Waals surface area contributed by atoms with E-state index < -0.39 is 17.5 Å². The Balaban J connectivity index is 2.57. The third-order valence-corrected chi connectivity index (χ3v) is 2.74. The number of unbranched alkanes of at least 4 members (excludes halogenated alkanes) is 1. The number of carbonyl (C=O) groups excluding carboxylic acids is 1. The molecule has 106 valence electrons. The molecule has 0 aliphatic rings. The Morgan fingerprint density at radius 3 is 2.58 bits per heavy atom. The minimum atomic E-state index is -1.54. The summed E-state index contributed by atoms with van der Waals surface area (Å²) in [7, 11) is 1.64. The van der Waals surface area contributed by atoms with Gasteiger partial charge in [0.1, 0.15) is 0 Å². The average Bonchev–Trinajstić information content (AvgIpc) is 2.41. The Labute approximate surface area is 110 Å². The normalized spacial score (nSPS) is 10.4. The minimum absolute atomic E-state index is 0.164. The van der Waals surface area contributed by atoms with Gasteiger partial charge in [0, 0.05) is 13.6 Å². The summed E-state index contributed by atoms with van der Waals surface area (Å²) in [6.07, 6.45) is 1.84. The Bertz CT molecular complexity index is 452. The first kappa shape index (κ1) is 15.3. The molecule has 0 radical (unpaired) electrons. The molecule has 1 N–H and O–H groups in total. The molecule has 0 aliphatic heterocycles. The zero-order chi connectivity index (χ0) is 14.4. The average molecular weight is 274 g/mol. The Morgan fingerprint density at radius 1 is 1.26 bits per heavy atom. The standard InChI is InChI=1S/C13H17F3N2O/c1-3-4-7-18(2)11(19)8-17-10-6-5-9(14)12(15)13(10)16/h5-6,17H,3-4,7-8H2,1-2H3. The molecule has 0 spiro atoms. The van der Waals surface area contributed by atoms with Crippen molar-refractivity contribution in [3.05, 3.63) is 29.6 Å². The molecule has 3 nitrogen and oxygen atoms in total. The van der Waals surface area contributed by atoms with Gasteiger partial charge in [-0.2, -0.15) is 0 Å². The van der Waals surface area contributed by atoms with E-state index in [0.717, 1.165) is 25.0 Å². The maximum absolute atomic E-state index is 13.3. The second-order valence-corrected chi connectivity index (χ2v) is 4.25. The number of nitrogens with one attached hydrogen (secondary N) is 1. The quantitative estimate of drug-likeness (QED) is 0.809. The van der Waals surface area contributed by atoms with Gasteiger partial charge < -0.3 is 10.2 Å². The van der Waals surface area contributed by atoms with Gasteiger partial charge in [-0.15, -0.1) is 0 Å². The van der Waals surface area contributed by atoms with Crippen LogP contribution in [0, 0.1) is 17.5 Å². The summed E-state index contributed by atoms with van der Waals surface area (Å²) < 4.78 is 39.0. The van der Waals surface area contributed by atoms with Gasteiger partial charge in [-0.05, 0) is 18.6 Å². The highest BCUT2D eigenvalue weighted by molar-refractivity contribution is 5.80. The molecule has 0 aliphatic carbocycles. The summed E-state index contributed by atoms with van der Waals surface area (Å²) in [6, 6.07) is 1.87. The predicted octanol–water partition coefficient (Wildman–Crippen LogP) is 2.77. The number of amides is 1. The minimum Gasteiger partial charge on any atom is -0.374 e. The molecule has 6 heteroatoms. The van der Waals surface area contributed by atoms with Crippen LogP contribution in [-0.4, -0.2) is 30.9 Å². The molecule has 0 saturated heterocycles. The summed E-state index contributed by atoms with van der Waals surface area (Å²) in [4.78, 5) is 13.2. The van der Waals surface area contributed by atoms with E-state index in [0.29, 0.717) is 6.54 Å². The van der Waals surface area contributed by atoms with Gasteiger partial charge in [-0.1, -0.05) is 13.3 Å². The van der Waals surface area contributed by atoms with Crippen molar-refractivity contribution in [3.63, 3.8) is 0 Å². The third-order valence-electron chi connectivity index (χ3n) is 2.74. The molecule has 1 amide bonds. The molecule has 0 bridgehead atoms. The predicted molar refractivity (Wildman–Crippen MR) is 67.4 cm³/mol. The molecular formula is C13H17F3N2O. The zero-order valence-corrected chi connectivity index (χ0v) is 11.0. The first-order chi connectivity index (χ1) is 8.97. The lowest BCUT2D eigenvalue weighted by Crippen LogP contribution is -2.33. The van der Waals surface area contributed by atoms with Gasteiger partial charge in [-0.25, -0.2) is 13.2 Å². The first-order valence-corrected chi connectivity index (χ1v) is 6.08. The number of nitrogens with zero attached hydrogens (tertiary/aromatic N) is 1. The van der Waals surface area contributed by atoms with Crippen LogP contribution in [0.25, 0.3) is 0 Å². The van der Waals surface area contributed by atoms with Gasteiger partial charge in [0.25, 0.3) is 0 Å². The van der Waals surface area contributed by atoms with Gasteiger partial charge >= 0.3 is 0 Å². The van der Waals surface area contributed by atoms with Crippen LogP contribution < -0.4 is 5.32 Å². The molecule has 0 heterocycles. The van der Waals surface area contributed by atoms with Crippen LogP contribution in [0.1, 0.15) is 19.8 Å². The maximum Gasteiger partial charge on any atom is 0.241 e. The van der Waals surface area contributed by atoms with E-state index in [1.54, 1.807) is 7.05 Å². The molecule has 0 fully saturated rings. The molecule has 0 unspecified atom stereocenters. The molecule has 0 saturated carbocycles. The largest absolute Gasteiger partial charge is 0.374 e. The SMILES string of the molecule is CCCCN(C)C(=O)CNc1ccc(F)c(F)c1F. The van der Waals surface area contributed by atoms with Crippen LogP contribution in [-0.2, 0) is 4.79 Å². The topological polar surface area (TPSA) is 32.3 Å². The molecule has 0 atom stereocenters. The fraction of sp³-hybridized carbons (Fsp3) is 0.462. The molecule has 1 aromatic rings. The molecule has 19 heavy (non-hydrogen) atoms. The number of likely N-dealkylation sites (N-methyl/N-ethyl adjacent to an activating group) is 1. The number of hydrogen-bond donors (Lipinski definition) is 1. The van der Waals surface area contributed by atoms with Crippen molar-refractivity contribution in [1.29, 1.82) is 0 Å². The Morgan fingerprint density at radius 2 is 1.95 bits per heavy atom. The third kappa shape index (κ3) is 4.15. The smallest absolute Gasteiger partial charge is 0.241 e. The highest BCUT2D eigenvalue weighted by Gasteiger charge is 2.14. The van der Waals surface area contributed by atoms with E-state index in [2.05, 4.69) is 5.32 Å². The summed E-state index contributed by atoms with van der Waals surface area (Å²) in [5, 5.41) is 2.47.